The average molecular weight is 494 g/mol. The van der Waals surface area contributed by atoms with Crippen LogP contribution in [0, 0.1) is 23.2 Å². The van der Waals surface area contributed by atoms with Crippen LogP contribution >= 0.6 is 11.6 Å². The lowest BCUT2D eigenvalue weighted by molar-refractivity contribution is -0.159. The third-order valence-electron chi connectivity index (χ3n) is 8.28. The molecule has 4 aliphatic carbocycles. The summed E-state index contributed by atoms with van der Waals surface area (Å²) in [5.74, 6) is 2.24. The molecule has 0 unspecified atom stereocenters. The molecule has 4 saturated carbocycles. The van der Waals surface area contributed by atoms with Crippen molar-refractivity contribution in [1.29, 1.82) is 0 Å². The quantitative estimate of drug-likeness (QED) is 0.645. The Morgan fingerprint density at radius 2 is 1.45 bits per heavy atom. The Morgan fingerprint density at radius 1 is 0.939 bits per heavy atom. The minimum atomic E-state index is -3.76. The predicted molar refractivity (Wildman–Crippen MR) is 125 cm³/mol. The van der Waals surface area contributed by atoms with Gasteiger partial charge in [-0.15, -0.1) is 0 Å². The first-order valence-electron chi connectivity index (χ1n) is 11.9. The van der Waals surface area contributed by atoms with Crippen molar-refractivity contribution in [2.24, 2.45) is 23.2 Å². The maximum absolute atomic E-state index is 13.6. The largest absolute Gasteiger partial charge is 0.339 e. The monoisotopic (exact) mass is 493 g/mol. The van der Waals surface area contributed by atoms with Gasteiger partial charge in [0.15, 0.2) is 0 Å². The molecular formula is C24H32ClN3O4S. The zero-order valence-corrected chi connectivity index (χ0v) is 20.9. The van der Waals surface area contributed by atoms with E-state index in [1.165, 1.54) is 45.5 Å². The SMILES string of the molecule is CN(C)S(=O)(=O)c1cc(C(=O)N2CCN(C(=O)C34CC5CC(CC(C5)C3)C4)CC2)ccc1Cl. The first-order chi connectivity index (χ1) is 15.6. The van der Waals surface area contributed by atoms with Gasteiger partial charge in [0.1, 0.15) is 4.90 Å². The zero-order chi connectivity index (χ0) is 23.5. The third kappa shape index (κ3) is 3.98. The average Bonchev–Trinajstić information content (AvgIpc) is 2.77. The zero-order valence-electron chi connectivity index (χ0n) is 19.3. The second-order valence-electron chi connectivity index (χ2n) is 10.7. The molecule has 1 heterocycles. The highest BCUT2D eigenvalue weighted by Crippen LogP contribution is 2.60. The summed E-state index contributed by atoms with van der Waals surface area (Å²) in [4.78, 5) is 30.3. The molecule has 9 heteroatoms. The summed E-state index contributed by atoms with van der Waals surface area (Å²) in [5.41, 5.74) is 0.132. The molecule has 1 aromatic rings. The maximum Gasteiger partial charge on any atom is 0.254 e. The molecule has 2 amide bonds. The van der Waals surface area contributed by atoms with Gasteiger partial charge in [0.2, 0.25) is 15.9 Å². The molecule has 5 fully saturated rings. The van der Waals surface area contributed by atoms with E-state index in [4.69, 9.17) is 11.6 Å². The Balaban J connectivity index is 1.26. The van der Waals surface area contributed by atoms with Crippen molar-refractivity contribution >= 4 is 33.4 Å². The van der Waals surface area contributed by atoms with Crippen LogP contribution in [0.2, 0.25) is 5.02 Å². The fraction of sp³-hybridized carbons (Fsp3) is 0.667. The molecule has 4 bridgehead atoms. The van der Waals surface area contributed by atoms with E-state index in [2.05, 4.69) is 0 Å². The second kappa shape index (κ2) is 8.24. The Hall–Kier alpha value is -1.64. The van der Waals surface area contributed by atoms with E-state index in [-0.39, 0.29) is 21.2 Å². The Labute approximate surface area is 201 Å². The molecule has 6 rings (SSSR count). The van der Waals surface area contributed by atoms with Crippen molar-refractivity contribution in [2.45, 2.75) is 43.4 Å². The van der Waals surface area contributed by atoms with Gasteiger partial charge in [-0.25, -0.2) is 12.7 Å². The molecule has 1 aliphatic heterocycles. The Morgan fingerprint density at radius 3 is 1.97 bits per heavy atom. The number of sulfonamides is 1. The molecule has 0 atom stereocenters. The molecule has 0 N–H and O–H groups in total. The fourth-order valence-corrected chi connectivity index (χ4v) is 8.43. The van der Waals surface area contributed by atoms with Crippen molar-refractivity contribution < 1.29 is 18.0 Å². The van der Waals surface area contributed by atoms with Gasteiger partial charge in [0.25, 0.3) is 5.91 Å². The van der Waals surface area contributed by atoms with E-state index in [0.29, 0.717) is 37.6 Å². The smallest absolute Gasteiger partial charge is 0.254 e. The van der Waals surface area contributed by atoms with E-state index in [9.17, 15) is 18.0 Å². The van der Waals surface area contributed by atoms with Crippen LogP contribution in [0.15, 0.2) is 23.1 Å². The molecule has 7 nitrogen and oxygen atoms in total. The van der Waals surface area contributed by atoms with Gasteiger partial charge in [0, 0.05) is 45.8 Å². The van der Waals surface area contributed by atoms with Gasteiger partial charge in [-0.3, -0.25) is 9.59 Å². The van der Waals surface area contributed by atoms with Crippen molar-refractivity contribution in [2.75, 3.05) is 40.3 Å². The molecular weight excluding hydrogens is 462 g/mol. The number of hydrogen-bond donors (Lipinski definition) is 0. The number of piperazine rings is 1. The van der Waals surface area contributed by atoms with Crippen LogP contribution in [-0.2, 0) is 14.8 Å². The molecule has 5 aliphatic rings. The Kier molecular flexibility index (Phi) is 5.77. The number of benzene rings is 1. The molecule has 0 aromatic heterocycles. The maximum atomic E-state index is 13.6. The normalized spacial score (nSPS) is 31.3. The molecule has 1 aromatic carbocycles. The first-order valence-corrected chi connectivity index (χ1v) is 13.7. The van der Waals surface area contributed by atoms with Crippen LogP contribution in [0.5, 0.6) is 0 Å². The second-order valence-corrected chi connectivity index (χ2v) is 13.2. The molecule has 0 spiro atoms. The van der Waals surface area contributed by atoms with Crippen molar-refractivity contribution in [3.63, 3.8) is 0 Å². The standard InChI is InChI=1S/C24H32ClN3O4S/c1-26(2)33(31,32)21-12-19(3-4-20(21)25)22(29)27-5-7-28(8-6-27)23(30)24-13-16-9-17(14-24)11-18(10-16)15-24/h3-4,12,16-18H,5-11,13-15H2,1-2H3. The number of halogens is 1. The van der Waals surface area contributed by atoms with Crippen LogP contribution in [0.1, 0.15) is 48.9 Å². The van der Waals surface area contributed by atoms with Gasteiger partial charge < -0.3 is 9.80 Å². The fourth-order valence-electron chi connectivity index (χ4n) is 7.03. The highest BCUT2D eigenvalue weighted by Gasteiger charge is 2.55. The van der Waals surface area contributed by atoms with Crippen LogP contribution in [0.3, 0.4) is 0 Å². The van der Waals surface area contributed by atoms with Crippen molar-refractivity contribution in [3.05, 3.63) is 28.8 Å². The van der Waals surface area contributed by atoms with Crippen molar-refractivity contribution in [1.82, 2.24) is 14.1 Å². The minimum Gasteiger partial charge on any atom is -0.339 e. The van der Waals surface area contributed by atoms with E-state index in [0.717, 1.165) is 41.3 Å². The summed E-state index contributed by atoms with van der Waals surface area (Å²) in [6, 6.07) is 4.37. The minimum absolute atomic E-state index is 0.0735. The molecule has 1 saturated heterocycles. The van der Waals surface area contributed by atoms with Crippen molar-refractivity contribution in [3.8, 4) is 0 Å². The summed E-state index contributed by atoms with van der Waals surface area (Å²) in [6.45, 7) is 1.97. The van der Waals surface area contributed by atoms with Crippen LogP contribution < -0.4 is 0 Å². The van der Waals surface area contributed by atoms with E-state index in [1.807, 2.05) is 4.90 Å². The lowest BCUT2D eigenvalue weighted by Crippen LogP contribution is -2.58. The van der Waals surface area contributed by atoms with Gasteiger partial charge in [-0.2, -0.15) is 0 Å². The van der Waals surface area contributed by atoms with Crippen LogP contribution in [0.25, 0.3) is 0 Å². The molecule has 0 radical (unpaired) electrons. The number of hydrogen-bond acceptors (Lipinski definition) is 4. The lowest BCUT2D eigenvalue weighted by atomic mass is 9.49. The third-order valence-corrected chi connectivity index (χ3v) is 10.6. The first kappa shape index (κ1) is 23.1. The van der Waals surface area contributed by atoms with E-state index >= 15 is 0 Å². The number of amides is 2. The number of carbonyl (C=O) groups is 2. The lowest BCUT2D eigenvalue weighted by Gasteiger charge is -2.57. The highest BCUT2D eigenvalue weighted by atomic mass is 35.5. The number of nitrogens with zero attached hydrogens (tertiary/aromatic N) is 3. The summed E-state index contributed by atoms with van der Waals surface area (Å²) >= 11 is 6.12. The van der Waals surface area contributed by atoms with E-state index < -0.39 is 10.0 Å². The number of carbonyl (C=O) groups excluding carboxylic acids is 2. The van der Waals surface area contributed by atoms with Crippen LogP contribution in [-0.4, -0.2) is 74.6 Å². The predicted octanol–water partition coefficient (Wildman–Crippen LogP) is 3.09. The topological polar surface area (TPSA) is 78.0 Å². The van der Waals surface area contributed by atoms with Gasteiger partial charge in [-0.05, 0) is 74.5 Å². The summed E-state index contributed by atoms with van der Waals surface area (Å²) < 4.78 is 26.2. The summed E-state index contributed by atoms with van der Waals surface area (Å²) in [7, 11) is -0.897. The van der Waals surface area contributed by atoms with Gasteiger partial charge in [-0.1, -0.05) is 11.6 Å². The van der Waals surface area contributed by atoms with Gasteiger partial charge in [0.05, 0.1) is 10.4 Å². The van der Waals surface area contributed by atoms with E-state index in [1.54, 1.807) is 11.0 Å². The summed E-state index contributed by atoms with van der Waals surface area (Å²) in [5, 5.41) is 0.0891. The summed E-state index contributed by atoms with van der Waals surface area (Å²) in [6.07, 6.45) is 7.06. The van der Waals surface area contributed by atoms with Crippen LogP contribution in [0.4, 0.5) is 0 Å². The molecule has 33 heavy (non-hydrogen) atoms. The highest BCUT2D eigenvalue weighted by molar-refractivity contribution is 7.89. The Bertz CT molecular complexity index is 1040. The van der Waals surface area contributed by atoms with Gasteiger partial charge >= 0.3 is 0 Å². The molecule has 180 valence electrons. The number of rotatable bonds is 4.